The number of ether oxygens (including phenoxy) is 1. The lowest BCUT2D eigenvalue weighted by molar-refractivity contribution is -0.138. The van der Waals surface area contributed by atoms with Crippen LogP contribution in [0.2, 0.25) is 0 Å². The van der Waals surface area contributed by atoms with E-state index in [9.17, 15) is 4.79 Å². The second kappa shape index (κ2) is 6.20. The van der Waals surface area contributed by atoms with E-state index >= 15 is 0 Å². The van der Waals surface area contributed by atoms with Gasteiger partial charge in [-0.15, -0.1) is 11.3 Å². The minimum Gasteiger partial charge on any atom is -0.490 e. The molecule has 0 aliphatic heterocycles. The summed E-state index contributed by atoms with van der Waals surface area (Å²) < 4.78 is 5.91. The van der Waals surface area contributed by atoms with Crippen molar-refractivity contribution in [3.8, 4) is 5.75 Å². The molecule has 0 bridgehead atoms. The zero-order valence-electron chi connectivity index (χ0n) is 10.3. The van der Waals surface area contributed by atoms with Crippen molar-refractivity contribution in [2.45, 2.75) is 50.7 Å². The average molecular weight is 269 g/mol. The Labute approximate surface area is 111 Å². The van der Waals surface area contributed by atoms with Gasteiger partial charge in [-0.2, -0.15) is 0 Å². The van der Waals surface area contributed by atoms with E-state index in [1.54, 1.807) is 6.07 Å². The fourth-order valence-electron chi connectivity index (χ4n) is 2.23. The molecule has 0 aromatic carbocycles. The summed E-state index contributed by atoms with van der Waals surface area (Å²) in [5.74, 6) is -0.239. The standard InChI is InChI=1S/C13H19NO3S/c14-12(13(15)16)11-7-10(8-18-11)17-9-5-3-1-2-4-6-9/h7-9,12H,1-6,14H2,(H,15,16). The normalized spacial score (nSPS) is 19.2. The Hall–Kier alpha value is -1.07. The van der Waals surface area contributed by atoms with Crippen molar-refractivity contribution in [2.24, 2.45) is 5.73 Å². The SMILES string of the molecule is NC(C(=O)O)c1cc(OC2CCCCCC2)cs1. The number of aliphatic carboxylic acids is 1. The van der Waals surface area contributed by atoms with Gasteiger partial charge in [0, 0.05) is 10.3 Å². The van der Waals surface area contributed by atoms with Crippen LogP contribution in [0.25, 0.3) is 0 Å². The molecule has 0 spiro atoms. The van der Waals surface area contributed by atoms with E-state index in [4.69, 9.17) is 15.6 Å². The highest BCUT2D eigenvalue weighted by atomic mass is 32.1. The summed E-state index contributed by atoms with van der Waals surface area (Å²) in [5, 5.41) is 10.7. The van der Waals surface area contributed by atoms with E-state index in [-0.39, 0.29) is 6.10 Å². The smallest absolute Gasteiger partial charge is 0.325 e. The molecule has 1 saturated carbocycles. The Morgan fingerprint density at radius 2 is 2.06 bits per heavy atom. The lowest BCUT2D eigenvalue weighted by Crippen LogP contribution is -2.19. The number of nitrogens with two attached hydrogens (primary N) is 1. The molecule has 1 fully saturated rings. The third kappa shape index (κ3) is 3.46. The third-order valence-corrected chi connectivity index (χ3v) is 4.27. The van der Waals surface area contributed by atoms with Crippen molar-refractivity contribution in [2.75, 3.05) is 0 Å². The maximum absolute atomic E-state index is 10.8. The van der Waals surface area contributed by atoms with Crippen molar-refractivity contribution >= 4 is 17.3 Å². The minimum atomic E-state index is -1.00. The van der Waals surface area contributed by atoms with Crippen LogP contribution in [0.3, 0.4) is 0 Å². The molecule has 0 saturated heterocycles. The molecule has 100 valence electrons. The molecule has 1 atom stereocenters. The molecule has 1 aromatic heterocycles. The summed E-state index contributed by atoms with van der Waals surface area (Å²) in [6.45, 7) is 0. The molecule has 1 aliphatic carbocycles. The van der Waals surface area contributed by atoms with Crippen LogP contribution >= 0.6 is 11.3 Å². The Morgan fingerprint density at radius 3 is 2.67 bits per heavy atom. The largest absolute Gasteiger partial charge is 0.490 e. The second-order valence-electron chi connectivity index (χ2n) is 4.73. The van der Waals surface area contributed by atoms with Gasteiger partial charge >= 0.3 is 5.97 Å². The molecule has 1 aliphatic rings. The van der Waals surface area contributed by atoms with Crippen molar-refractivity contribution < 1.29 is 14.6 Å². The molecule has 2 rings (SSSR count). The fraction of sp³-hybridized carbons (Fsp3) is 0.615. The van der Waals surface area contributed by atoms with E-state index in [0.717, 1.165) is 18.6 Å². The van der Waals surface area contributed by atoms with Gasteiger partial charge in [0.15, 0.2) is 0 Å². The third-order valence-electron chi connectivity index (χ3n) is 3.27. The Balaban J connectivity index is 1.95. The summed E-state index contributed by atoms with van der Waals surface area (Å²) in [5.41, 5.74) is 5.56. The summed E-state index contributed by atoms with van der Waals surface area (Å²) in [4.78, 5) is 11.4. The lowest BCUT2D eigenvalue weighted by atomic mass is 10.1. The van der Waals surface area contributed by atoms with Gasteiger partial charge < -0.3 is 15.6 Å². The van der Waals surface area contributed by atoms with Crippen molar-refractivity contribution in [1.29, 1.82) is 0 Å². The van der Waals surface area contributed by atoms with Gasteiger partial charge in [-0.1, -0.05) is 12.8 Å². The average Bonchev–Trinajstić information content (AvgIpc) is 2.64. The maximum atomic E-state index is 10.8. The highest BCUT2D eigenvalue weighted by Crippen LogP contribution is 2.29. The predicted octanol–water partition coefficient (Wildman–Crippen LogP) is 2.93. The van der Waals surface area contributed by atoms with Crippen molar-refractivity contribution in [1.82, 2.24) is 0 Å². The monoisotopic (exact) mass is 269 g/mol. The number of thiophene rings is 1. The number of rotatable bonds is 4. The minimum absolute atomic E-state index is 0.274. The van der Waals surface area contributed by atoms with E-state index in [1.165, 1.54) is 37.0 Å². The van der Waals surface area contributed by atoms with Crippen LogP contribution in [0.15, 0.2) is 11.4 Å². The first kappa shape index (κ1) is 13.4. The Kier molecular flexibility index (Phi) is 4.60. The number of carboxylic acids is 1. The molecule has 4 nitrogen and oxygen atoms in total. The van der Waals surface area contributed by atoms with Gasteiger partial charge in [-0.05, 0) is 31.7 Å². The Morgan fingerprint density at radius 1 is 1.39 bits per heavy atom. The highest BCUT2D eigenvalue weighted by molar-refractivity contribution is 7.10. The fourth-order valence-corrected chi connectivity index (χ4v) is 3.04. The molecule has 1 unspecified atom stereocenters. The first-order valence-corrected chi connectivity index (χ1v) is 7.28. The van der Waals surface area contributed by atoms with Crippen LogP contribution in [-0.4, -0.2) is 17.2 Å². The van der Waals surface area contributed by atoms with Gasteiger partial charge in [-0.25, -0.2) is 0 Å². The number of hydrogen-bond donors (Lipinski definition) is 2. The van der Waals surface area contributed by atoms with Gasteiger partial charge in [0.1, 0.15) is 11.8 Å². The summed E-state index contributed by atoms with van der Waals surface area (Å²) in [7, 11) is 0. The predicted molar refractivity (Wildman–Crippen MR) is 71.0 cm³/mol. The first-order chi connectivity index (χ1) is 8.66. The zero-order chi connectivity index (χ0) is 13.0. The van der Waals surface area contributed by atoms with E-state index < -0.39 is 12.0 Å². The van der Waals surface area contributed by atoms with Crippen LogP contribution in [0.5, 0.6) is 5.75 Å². The Bertz CT molecular complexity index is 397. The highest BCUT2D eigenvalue weighted by Gasteiger charge is 2.19. The zero-order valence-corrected chi connectivity index (χ0v) is 11.1. The van der Waals surface area contributed by atoms with Gasteiger partial charge in [0.25, 0.3) is 0 Å². The quantitative estimate of drug-likeness (QED) is 0.824. The van der Waals surface area contributed by atoms with E-state index in [2.05, 4.69) is 0 Å². The molecular weight excluding hydrogens is 250 g/mol. The van der Waals surface area contributed by atoms with Crippen molar-refractivity contribution in [3.63, 3.8) is 0 Å². The number of carboxylic acid groups (broad SMARTS) is 1. The van der Waals surface area contributed by atoms with Gasteiger partial charge in [0.05, 0.1) is 6.10 Å². The maximum Gasteiger partial charge on any atom is 0.325 e. The van der Waals surface area contributed by atoms with Crippen LogP contribution < -0.4 is 10.5 Å². The van der Waals surface area contributed by atoms with Gasteiger partial charge in [-0.3, -0.25) is 4.79 Å². The van der Waals surface area contributed by atoms with Crippen LogP contribution in [0, 0.1) is 0 Å². The molecule has 1 aromatic rings. The van der Waals surface area contributed by atoms with Gasteiger partial charge in [0.2, 0.25) is 0 Å². The summed E-state index contributed by atoms with van der Waals surface area (Å²) in [6, 6.07) is 0.815. The summed E-state index contributed by atoms with van der Waals surface area (Å²) in [6.07, 6.45) is 7.48. The molecule has 18 heavy (non-hydrogen) atoms. The lowest BCUT2D eigenvalue weighted by Gasteiger charge is -2.15. The molecule has 1 heterocycles. The molecule has 5 heteroatoms. The number of carbonyl (C=O) groups is 1. The number of hydrogen-bond acceptors (Lipinski definition) is 4. The van der Waals surface area contributed by atoms with E-state index in [1.807, 2.05) is 5.38 Å². The molecular formula is C13H19NO3S. The molecule has 0 radical (unpaired) electrons. The van der Waals surface area contributed by atoms with Crippen LogP contribution in [0.1, 0.15) is 49.4 Å². The topological polar surface area (TPSA) is 72.6 Å². The molecule has 0 amide bonds. The van der Waals surface area contributed by atoms with Crippen molar-refractivity contribution in [3.05, 3.63) is 16.3 Å². The summed E-state index contributed by atoms with van der Waals surface area (Å²) >= 11 is 1.35. The first-order valence-electron chi connectivity index (χ1n) is 6.40. The van der Waals surface area contributed by atoms with Crippen LogP contribution in [-0.2, 0) is 4.79 Å². The van der Waals surface area contributed by atoms with Crippen LogP contribution in [0.4, 0.5) is 0 Å². The van der Waals surface area contributed by atoms with E-state index in [0.29, 0.717) is 4.88 Å². The second-order valence-corrected chi connectivity index (χ2v) is 5.67. The molecule has 3 N–H and O–H groups in total.